The molecule has 0 aromatic heterocycles. The first-order chi connectivity index (χ1) is 8.08. The van der Waals surface area contributed by atoms with Crippen molar-refractivity contribution in [3.8, 4) is 0 Å². The van der Waals surface area contributed by atoms with Gasteiger partial charge in [0.2, 0.25) is 5.91 Å². The fraction of sp³-hybridized carbons (Fsp3) is 0.929. The number of carbonyl (C=O) groups is 1. The third-order valence-corrected chi connectivity index (χ3v) is 4.98. The van der Waals surface area contributed by atoms with Gasteiger partial charge in [0.1, 0.15) is 0 Å². The summed E-state index contributed by atoms with van der Waals surface area (Å²) in [5.41, 5.74) is -0.715. The van der Waals surface area contributed by atoms with E-state index in [0.29, 0.717) is 25.3 Å². The lowest BCUT2D eigenvalue weighted by Gasteiger charge is -2.27. The third-order valence-electron chi connectivity index (χ3n) is 4.98. The van der Waals surface area contributed by atoms with E-state index in [1.54, 1.807) is 0 Å². The van der Waals surface area contributed by atoms with Crippen LogP contribution in [0.25, 0.3) is 0 Å². The molecule has 0 aromatic rings. The summed E-state index contributed by atoms with van der Waals surface area (Å²) < 4.78 is 0. The molecule has 0 saturated heterocycles. The van der Waals surface area contributed by atoms with E-state index in [-0.39, 0.29) is 11.8 Å². The van der Waals surface area contributed by atoms with Crippen molar-refractivity contribution < 1.29 is 9.90 Å². The van der Waals surface area contributed by atoms with Gasteiger partial charge in [-0.3, -0.25) is 4.79 Å². The molecule has 0 aromatic carbocycles. The number of fused-ring (bicyclic) bond motifs is 2. The standard InChI is InChI=1S/C14H25NO2/c1-3-14(17,4-2)9-15-13(16)12-8-10-5-6-11(12)7-10/h10-12,17H,3-9H2,1-2H3,(H,15,16). The summed E-state index contributed by atoms with van der Waals surface area (Å²) in [5, 5.41) is 13.1. The first kappa shape index (κ1) is 12.9. The maximum absolute atomic E-state index is 12.1. The summed E-state index contributed by atoms with van der Waals surface area (Å²) in [7, 11) is 0. The van der Waals surface area contributed by atoms with Crippen molar-refractivity contribution in [1.29, 1.82) is 0 Å². The Balaban J connectivity index is 1.82. The van der Waals surface area contributed by atoms with Gasteiger partial charge in [0, 0.05) is 12.5 Å². The molecule has 2 rings (SSSR count). The Morgan fingerprint density at radius 3 is 2.47 bits per heavy atom. The molecule has 0 radical (unpaired) electrons. The lowest BCUT2D eigenvalue weighted by atomic mass is 9.88. The second kappa shape index (κ2) is 4.97. The first-order valence-electron chi connectivity index (χ1n) is 7.08. The first-order valence-corrected chi connectivity index (χ1v) is 7.08. The lowest BCUT2D eigenvalue weighted by Crippen LogP contribution is -2.44. The highest BCUT2D eigenvalue weighted by atomic mass is 16.3. The second-order valence-corrected chi connectivity index (χ2v) is 5.93. The Kier molecular flexibility index (Phi) is 3.76. The van der Waals surface area contributed by atoms with Gasteiger partial charge >= 0.3 is 0 Å². The highest BCUT2D eigenvalue weighted by Crippen LogP contribution is 2.48. The van der Waals surface area contributed by atoms with Crippen LogP contribution in [-0.4, -0.2) is 23.2 Å². The molecule has 0 aliphatic heterocycles. The summed E-state index contributed by atoms with van der Waals surface area (Å²) in [5.74, 6) is 1.83. The molecule has 0 heterocycles. The number of carbonyl (C=O) groups excluding carboxylic acids is 1. The Morgan fingerprint density at radius 2 is 2.00 bits per heavy atom. The van der Waals surface area contributed by atoms with Crippen LogP contribution in [0.2, 0.25) is 0 Å². The molecule has 2 aliphatic carbocycles. The van der Waals surface area contributed by atoms with Crippen LogP contribution in [0.5, 0.6) is 0 Å². The van der Waals surface area contributed by atoms with Gasteiger partial charge in [-0.25, -0.2) is 0 Å². The van der Waals surface area contributed by atoms with Gasteiger partial charge in [-0.1, -0.05) is 20.3 Å². The molecule has 2 N–H and O–H groups in total. The molecule has 2 saturated carbocycles. The normalized spacial score (nSPS) is 31.8. The van der Waals surface area contributed by atoms with Crippen molar-refractivity contribution in [3.05, 3.63) is 0 Å². The topological polar surface area (TPSA) is 49.3 Å². The molecule has 3 nitrogen and oxygen atoms in total. The van der Waals surface area contributed by atoms with Crippen LogP contribution >= 0.6 is 0 Å². The highest BCUT2D eigenvalue weighted by Gasteiger charge is 2.43. The van der Waals surface area contributed by atoms with Crippen LogP contribution in [0.1, 0.15) is 52.4 Å². The van der Waals surface area contributed by atoms with E-state index in [1.165, 1.54) is 19.3 Å². The van der Waals surface area contributed by atoms with E-state index in [0.717, 1.165) is 12.3 Å². The number of hydrogen-bond acceptors (Lipinski definition) is 2. The van der Waals surface area contributed by atoms with E-state index >= 15 is 0 Å². The minimum absolute atomic E-state index is 0.178. The lowest BCUT2D eigenvalue weighted by molar-refractivity contribution is -0.127. The number of amides is 1. The van der Waals surface area contributed by atoms with Gasteiger partial charge in [-0.2, -0.15) is 0 Å². The van der Waals surface area contributed by atoms with E-state index in [9.17, 15) is 9.90 Å². The van der Waals surface area contributed by atoms with Crippen molar-refractivity contribution in [2.75, 3.05) is 6.54 Å². The summed E-state index contributed by atoms with van der Waals surface area (Å²) in [6.07, 6.45) is 6.27. The zero-order valence-electron chi connectivity index (χ0n) is 11.0. The predicted octanol–water partition coefficient (Wildman–Crippen LogP) is 2.09. The van der Waals surface area contributed by atoms with E-state index < -0.39 is 5.60 Å². The van der Waals surface area contributed by atoms with Crippen molar-refractivity contribution in [2.45, 2.75) is 58.0 Å². The van der Waals surface area contributed by atoms with E-state index in [2.05, 4.69) is 5.32 Å². The predicted molar refractivity (Wildman–Crippen MR) is 67.5 cm³/mol. The SMILES string of the molecule is CCC(O)(CC)CNC(=O)C1CC2CCC1C2. The van der Waals surface area contributed by atoms with Gasteiger partial charge in [0.25, 0.3) is 0 Å². The average Bonchev–Trinajstić information content (AvgIpc) is 2.97. The Morgan fingerprint density at radius 1 is 1.29 bits per heavy atom. The second-order valence-electron chi connectivity index (χ2n) is 5.93. The Labute approximate surface area is 104 Å². The molecule has 2 bridgehead atoms. The van der Waals surface area contributed by atoms with Crippen LogP contribution in [0.15, 0.2) is 0 Å². The maximum atomic E-state index is 12.1. The summed E-state index contributed by atoms with van der Waals surface area (Å²) in [6.45, 7) is 4.34. The van der Waals surface area contributed by atoms with Gasteiger partial charge in [0.15, 0.2) is 0 Å². The van der Waals surface area contributed by atoms with Gasteiger partial charge in [-0.05, 0) is 43.9 Å². The minimum Gasteiger partial charge on any atom is -0.388 e. The molecule has 3 atom stereocenters. The minimum atomic E-state index is -0.715. The van der Waals surface area contributed by atoms with Crippen LogP contribution in [0.3, 0.4) is 0 Å². The number of aliphatic hydroxyl groups is 1. The van der Waals surface area contributed by atoms with Gasteiger partial charge in [0.05, 0.1) is 5.60 Å². The fourth-order valence-electron chi connectivity index (χ4n) is 3.45. The third kappa shape index (κ3) is 2.65. The van der Waals surface area contributed by atoms with E-state index in [4.69, 9.17) is 0 Å². The zero-order chi connectivity index (χ0) is 12.5. The van der Waals surface area contributed by atoms with E-state index in [1.807, 2.05) is 13.8 Å². The van der Waals surface area contributed by atoms with Crippen molar-refractivity contribution in [2.24, 2.45) is 17.8 Å². The largest absolute Gasteiger partial charge is 0.388 e. The van der Waals surface area contributed by atoms with Crippen LogP contribution in [0, 0.1) is 17.8 Å². The van der Waals surface area contributed by atoms with Crippen LogP contribution < -0.4 is 5.32 Å². The fourth-order valence-corrected chi connectivity index (χ4v) is 3.45. The molecule has 3 unspecified atom stereocenters. The summed E-state index contributed by atoms with van der Waals surface area (Å²) >= 11 is 0. The number of hydrogen-bond donors (Lipinski definition) is 2. The van der Waals surface area contributed by atoms with Gasteiger partial charge < -0.3 is 10.4 Å². The van der Waals surface area contributed by atoms with Crippen LogP contribution in [-0.2, 0) is 4.79 Å². The monoisotopic (exact) mass is 239 g/mol. The number of nitrogens with one attached hydrogen (secondary N) is 1. The molecule has 2 aliphatic rings. The Bertz CT molecular complexity index is 286. The van der Waals surface area contributed by atoms with Gasteiger partial charge in [-0.15, -0.1) is 0 Å². The molecule has 1 amide bonds. The quantitative estimate of drug-likeness (QED) is 0.772. The Hall–Kier alpha value is -0.570. The smallest absolute Gasteiger partial charge is 0.223 e. The molecule has 98 valence electrons. The van der Waals surface area contributed by atoms with Crippen molar-refractivity contribution in [1.82, 2.24) is 5.32 Å². The molecular weight excluding hydrogens is 214 g/mol. The zero-order valence-corrected chi connectivity index (χ0v) is 11.0. The summed E-state index contributed by atoms with van der Waals surface area (Å²) in [4.78, 5) is 12.1. The molecule has 3 heteroatoms. The van der Waals surface area contributed by atoms with Crippen molar-refractivity contribution in [3.63, 3.8) is 0 Å². The molecule has 0 spiro atoms. The molecular formula is C14H25NO2. The highest BCUT2D eigenvalue weighted by molar-refractivity contribution is 5.79. The summed E-state index contributed by atoms with van der Waals surface area (Å²) in [6, 6.07) is 0. The average molecular weight is 239 g/mol. The van der Waals surface area contributed by atoms with Crippen molar-refractivity contribution >= 4 is 5.91 Å². The maximum Gasteiger partial charge on any atom is 0.223 e. The molecule has 2 fully saturated rings. The number of rotatable bonds is 5. The van der Waals surface area contributed by atoms with Crippen LogP contribution in [0.4, 0.5) is 0 Å². The molecule has 17 heavy (non-hydrogen) atoms.